The standard InChI is InChI=1S/C25H30N4O6/c1-16(2)24(25(31)28-26-14-17-8-11-22(34-3)21(12-17)29(32)33)27-23(30)15-35-20-10-9-18-6-4-5-7-19(18)13-20/h8-14,16,24H,4-7,15H2,1-3H3,(H,27,30)(H,28,31)/b26-14+. The SMILES string of the molecule is COc1ccc(/C=N/NC(=O)C(NC(=O)COc2ccc3c(c2)CCCC3)C(C)C)cc1[N+](=O)[O-]. The topological polar surface area (TPSA) is 132 Å². The second-order valence-electron chi connectivity index (χ2n) is 8.64. The summed E-state index contributed by atoms with van der Waals surface area (Å²) in [7, 11) is 1.34. The molecule has 0 fully saturated rings. The van der Waals surface area contributed by atoms with Gasteiger partial charge < -0.3 is 14.8 Å². The highest BCUT2D eigenvalue weighted by Gasteiger charge is 2.24. The van der Waals surface area contributed by atoms with Crippen molar-refractivity contribution in [3.63, 3.8) is 0 Å². The summed E-state index contributed by atoms with van der Waals surface area (Å²) in [5.41, 5.74) is 5.15. The number of fused-ring (bicyclic) bond motifs is 1. The Kier molecular flexibility index (Phi) is 8.77. The van der Waals surface area contributed by atoms with Gasteiger partial charge in [-0.3, -0.25) is 19.7 Å². The van der Waals surface area contributed by atoms with Gasteiger partial charge in [-0.05, 0) is 67.0 Å². The van der Waals surface area contributed by atoms with Gasteiger partial charge >= 0.3 is 5.69 Å². The minimum atomic E-state index is -0.836. The van der Waals surface area contributed by atoms with Gasteiger partial charge in [0.25, 0.3) is 11.8 Å². The maximum atomic E-state index is 12.6. The van der Waals surface area contributed by atoms with Crippen LogP contribution in [0.25, 0.3) is 0 Å². The number of rotatable bonds is 10. The molecule has 1 aliphatic rings. The second kappa shape index (κ2) is 12.0. The van der Waals surface area contributed by atoms with E-state index < -0.39 is 22.8 Å². The molecule has 3 rings (SSSR count). The molecule has 2 amide bonds. The second-order valence-corrected chi connectivity index (χ2v) is 8.64. The summed E-state index contributed by atoms with van der Waals surface area (Å²) in [6, 6.07) is 9.35. The van der Waals surface area contributed by atoms with Gasteiger partial charge in [0, 0.05) is 11.6 Å². The Morgan fingerprint density at radius 3 is 2.57 bits per heavy atom. The molecule has 0 aliphatic heterocycles. The predicted octanol–water partition coefficient (Wildman–Crippen LogP) is 3.15. The van der Waals surface area contributed by atoms with Crippen LogP contribution in [0.3, 0.4) is 0 Å². The van der Waals surface area contributed by atoms with Crippen LogP contribution < -0.4 is 20.2 Å². The van der Waals surface area contributed by atoms with E-state index in [-0.39, 0.29) is 24.0 Å². The molecule has 10 nitrogen and oxygen atoms in total. The molecule has 10 heteroatoms. The molecule has 0 heterocycles. The lowest BCUT2D eigenvalue weighted by atomic mass is 9.92. The maximum Gasteiger partial charge on any atom is 0.311 e. The normalized spacial score (nSPS) is 13.7. The summed E-state index contributed by atoms with van der Waals surface area (Å²) in [6.45, 7) is 3.38. The number of nitro groups is 1. The van der Waals surface area contributed by atoms with Crippen LogP contribution in [0.4, 0.5) is 5.69 Å². The molecule has 1 aliphatic carbocycles. The number of methoxy groups -OCH3 is 1. The van der Waals surface area contributed by atoms with Crippen molar-refractivity contribution in [1.82, 2.24) is 10.7 Å². The number of ether oxygens (including phenoxy) is 2. The number of carbonyl (C=O) groups is 2. The van der Waals surface area contributed by atoms with E-state index in [2.05, 4.69) is 15.8 Å². The lowest BCUT2D eigenvalue weighted by molar-refractivity contribution is -0.385. The Morgan fingerprint density at radius 2 is 1.89 bits per heavy atom. The fourth-order valence-electron chi connectivity index (χ4n) is 3.87. The number of hydrogen-bond acceptors (Lipinski definition) is 7. The third-order valence-electron chi connectivity index (χ3n) is 5.74. The molecule has 2 N–H and O–H groups in total. The van der Waals surface area contributed by atoms with Gasteiger partial charge in [-0.25, -0.2) is 5.43 Å². The zero-order chi connectivity index (χ0) is 25.4. The average Bonchev–Trinajstić information content (AvgIpc) is 2.85. The van der Waals surface area contributed by atoms with Gasteiger partial charge in [-0.15, -0.1) is 0 Å². The van der Waals surface area contributed by atoms with Crippen molar-refractivity contribution >= 4 is 23.7 Å². The Bertz CT molecular complexity index is 1120. The van der Waals surface area contributed by atoms with E-state index in [1.165, 1.54) is 43.0 Å². The van der Waals surface area contributed by atoms with E-state index in [9.17, 15) is 19.7 Å². The first-order valence-electron chi connectivity index (χ1n) is 11.5. The van der Waals surface area contributed by atoms with Crippen LogP contribution in [-0.4, -0.2) is 42.7 Å². The number of hydrazone groups is 1. The molecule has 1 unspecified atom stereocenters. The molecule has 0 saturated heterocycles. The highest BCUT2D eigenvalue weighted by Crippen LogP contribution is 2.27. The van der Waals surface area contributed by atoms with Gasteiger partial charge in [0.1, 0.15) is 11.8 Å². The van der Waals surface area contributed by atoms with Crippen molar-refractivity contribution in [3.8, 4) is 11.5 Å². The van der Waals surface area contributed by atoms with Crippen LogP contribution in [0.2, 0.25) is 0 Å². The average molecular weight is 483 g/mol. The van der Waals surface area contributed by atoms with Gasteiger partial charge in [0.05, 0.1) is 18.2 Å². The van der Waals surface area contributed by atoms with E-state index in [1.807, 2.05) is 18.2 Å². The molecule has 0 aromatic heterocycles. The predicted molar refractivity (Wildman–Crippen MR) is 131 cm³/mol. The zero-order valence-electron chi connectivity index (χ0n) is 20.1. The van der Waals surface area contributed by atoms with Crippen molar-refractivity contribution in [1.29, 1.82) is 0 Å². The van der Waals surface area contributed by atoms with Crippen LogP contribution in [0.5, 0.6) is 11.5 Å². The third-order valence-corrected chi connectivity index (χ3v) is 5.74. The Labute approximate surface area is 203 Å². The molecule has 2 aromatic carbocycles. The van der Waals surface area contributed by atoms with Gasteiger partial charge in [-0.1, -0.05) is 19.9 Å². The van der Waals surface area contributed by atoms with Crippen LogP contribution in [0.1, 0.15) is 43.4 Å². The van der Waals surface area contributed by atoms with Gasteiger partial charge in [0.2, 0.25) is 0 Å². The van der Waals surface area contributed by atoms with Crippen LogP contribution in [0.15, 0.2) is 41.5 Å². The molecule has 186 valence electrons. The van der Waals surface area contributed by atoms with Crippen molar-refractivity contribution in [2.45, 2.75) is 45.6 Å². The number of nitrogens with zero attached hydrogens (tertiary/aromatic N) is 2. The van der Waals surface area contributed by atoms with Gasteiger partial charge in [0.15, 0.2) is 12.4 Å². The molecule has 0 radical (unpaired) electrons. The summed E-state index contributed by atoms with van der Waals surface area (Å²) in [6.07, 6.45) is 5.71. The maximum absolute atomic E-state index is 12.6. The van der Waals surface area contributed by atoms with E-state index >= 15 is 0 Å². The highest BCUT2D eigenvalue weighted by molar-refractivity contribution is 5.89. The third kappa shape index (κ3) is 7.02. The molecule has 2 aromatic rings. The first-order chi connectivity index (χ1) is 16.8. The minimum absolute atomic E-state index is 0.122. The lowest BCUT2D eigenvalue weighted by Gasteiger charge is -2.21. The largest absolute Gasteiger partial charge is 0.490 e. The molecular weight excluding hydrogens is 452 g/mol. The van der Waals surface area contributed by atoms with Crippen LogP contribution >= 0.6 is 0 Å². The number of hydrogen-bond donors (Lipinski definition) is 2. The quantitative estimate of drug-likeness (QED) is 0.304. The smallest absolute Gasteiger partial charge is 0.311 e. The summed E-state index contributed by atoms with van der Waals surface area (Å²) in [5, 5.41) is 17.7. The van der Waals surface area contributed by atoms with E-state index in [0.29, 0.717) is 11.3 Å². The zero-order valence-corrected chi connectivity index (χ0v) is 20.1. The van der Waals surface area contributed by atoms with Crippen molar-refractivity contribution < 1.29 is 24.0 Å². The Morgan fingerprint density at radius 1 is 1.14 bits per heavy atom. The Balaban J connectivity index is 1.55. The van der Waals surface area contributed by atoms with Crippen molar-refractivity contribution in [2.75, 3.05) is 13.7 Å². The van der Waals surface area contributed by atoms with Crippen molar-refractivity contribution in [2.24, 2.45) is 11.0 Å². The summed E-state index contributed by atoms with van der Waals surface area (Å²) < 4.78 is 10.6. The first-order valence-corrected chi connectivity index (χ1v) is 11.5. The first kappa shape index (κ1) is 25.7. The van der Waals surface area contributed by atoms with Crippen LogP contribution in [0, 0.1) is 16.0 Å². The number of amides is 2. The monoisotopic (exact) mass is 482 g/mol. The molecule has 35 heavy (non-hydrogen) atoms. The highest BCUT2D eigenvalue weighted by atomic mass is 16.6. The molecular formula is C25H30N4O6. The number of nitrogens with one attached hydrogen (secondary N) is 2. The molecule has 1 atom stereocenters. The van der Waals surface area contributed by atoms with E-state index in [1.54, 1.807) is 19.9 Å². The summed E-state index contributed by atoms with van der Waals surface area (Å²) >= 11 is 0. The fourth-order valence-corrected chi connectivity index (χ4v) is 3.87. The molecule has 0 bridgehead atoms. The lowest BCUT2D eigenvalue weighted by Crippen LogP contribution is -2.49. The number of aryl methyl sites for hydroxylation is 2. The summed E-state index contributed by atoms with van der Waals surface area (Å²) in [4.78, 5) is 35.6. The number of nitro benzene ring substituents is 1. The Hall–Kier alpha value is -3.95. The van der Waals surface area contributed by atoms with Crippen LogP contribution in [-0.2, 0) is 22.4 Å². The number of carbonyl (C=O) groups excluding carboxylic acids is 2. The number of benzene rings is 2. The van der Waals surface area contributed by atoms with E-state index in [4.69, 9.17) is 9.47 Å². The van der Waals surface area contributed by atoms with E-state index in [0.717, 1.165) is 19.3 Å². The minimum Gasteiger partial charge on any atom is -0.490 e. The summed E-state index contributed by atoms with van der Waals surface area (Å²) in [5.74, 6) is -0.395. The fraction of sp³-hybridized carbons (Fsp3) is 0.400. The molecule has 0 spiro atoms. The van der Waals surface area contributed by atoms with Crippen molar-refractivity contribution in [3.05, 3.63) is 63.2 Å². The van der Waals surface area contributed by atoms with Gasteiger partial charge in [-0.2, -0.15) is 5.10 Å². The molecule has 0 saturated carbocycles.